The van der Waals surface area contributed by atoms with E-state index in [0.29, 0.717) is 6.07 Å². The number of halogens is 3. The second-order valence-corrected chi connectivity index (χ2v) is 4.06. The minimum absolute atomic E-state index is 0.0768. The highest BCUT2D eigenvalue weighted by molar-refractivity contribution is 6.34. The molecule has 2 rings (SSSR count). The molecule has 0 fully saturated rings. The summed E-state index contributed by atoms with van der Waals surface area (Å²) in [6.45, 7) is 0. The van der Waals surface area contributed by atoms with E-state index in [-0.39, 0.29) is 21.8 Å². The van der Waals surface area contributed by atoms with Crippen LogP contribution < -0.4 is 5.73 Å². The number of ketones is 1. The van der Waals surface area contributed by atoms with Gasteiger partial charge in [-0.1, -0.05) is 17.7 Å². The number of carbonyl (C=O) groups excluding carboxylic acids is 1. The number of carbonyl (C=O) groups is 1. The second kappa shape index (κ2) is 4.74. The van der Waals surface area contributed by atoms with Crippen LogP contribution >= 0.6 is 11.6 Å². The summed E-state index contributed by atoms with van der Waals surface area (Å²) in [4.78, 5) is 12.1. The van der Waals surface area contributed by atoms with Crippen LogP contribution in [0.15, 0.2) is 36.4 Å². The molecule has 0 saturated carbocycles. The third-order valence-electron chi connectivity index (χ3n) is 2.47. The molecule has 0 saturated heterocycles. The molecule has 0 radical (unpaired) electrons. The maximum absolute atomic E-state index is 13.5. The summed E-state index contributed by atoms with van der Waals surface area (Å²) in [5.41, 5.74) is 5.57. The Kier molecular flexibility index (Phi) is 3.30. The number of hydrogen-bond acceptors (Lipinski definition) is 2. The maximum atomic E-state index is 13.5. The molecule has 92 valence electrons. The predicted molar refractivity (Wildman–Crippen MR) is 65.7 cm³/mol. The molecular formula is C13H8ClF2NO. The molecule has 0 unspecified atom stereocenters. The Morgan fingerprint density at radius 2 is 1.83 bits per heavy atom. The van der Waals surface area contributed by atoms with Gasteiger partial charge in [0.1, 0.15) is 11.6 Å². The number of rotatable bonds is 2. The molecule has 0 atom stereocenters. The SMILES string of the molecule is Nc1c(Cl)cccc1C(=O)c1ccc(F)cc1F. The van der Waals surface area contributed by atoms with Gasteiger partial charge in [0, 0.05) is 11.6 Å². The molecule has 0 bridgehead atoms. The highest BCUT2D eigenvalue weighted by Gasteiger charge is 2.17. The average Bonchev–Trinajstić information content (AvgIpc) is 2.32. The van der Waals surface area contributed by atoms with Crippen LogP contribution in [-0.4, -0.2) is 5.78 Å². The van der Waals surface area contributed by atoms with Crippen molar-refractivity contribution in [2.75, 3.05) is 5.73 Å². The van der Waals surface area contributed by atoms with Gasteiger partial charge in [-0.3, -0.25) is 4.79 Å². The number of hydrogen-bond donors (Lipinski definition) is 1. The number of nitrogens with two attached hydrogens (primary N) is 1. The fraction of sp³-hybridized carbons (Fsp3) is 0. The zero-order chi connectivity index (χ0) is 13.3. The Hall–Kier alpha value is -1.94. The van der Waals surface area contributed by atoms with Gasteiger partial charge in [0.05, 0.1) is 16.3 Å². The van der Waals surface area contributed by atoms with Crippen LogP contribution in [-0.2, 0) is 0 Å². The van der Waals surface area contributed by atoms with Crippen molar-refractivity contribution in [1.29, 1.82) is 0 Å². The highest BCUT2D eigenvalue weighted by atomic mass is 35.5. The standard InChI is InChI=1S/C13H8ClF2NO/c14-10-3-1-2-9(12(10)17)13(18)8-5-4-7(15)6-11(8)16/h1-6H,17H2. The molecule has 0 aliphatic heterocycles. The normalized spacial score (nSPS) is 10.4. The monoisotopic (exact) mass is 267 g/mol. The highest BCUT2D eigenvalue weighted by Crippen LogP contribution is 2.25. The summed E-state index contributed by atoms with van der Waals surface area (Å²) >= 11 is 5.78. The Morgan fingerprint density at radius 1 is 1.11 bits per heavy atom. The Morgan fingerprint density at radius 3 is 2.50 bits per heavy atom. The third-order valence-corrected chi connectivity index (χ3v) is 2.80. The molecule has 0 aromatic heterocycles. The largest absolute Gasteiger partial charge is 0.397 e. The van der Waals surface area contributed by atoms with Crippen LogP contribution in [0.2, 0.25) is 5.02 Å². The van der Waals surface area contributed by atoms with Crippen molar-refractivity contribution in [2.45, 2.75) is 0 Å². The van der Waals surface area contributed by atoms with Gasteiger partial charge in [0.2, 0.25) is 0 Å². The number of nitrogen functional groups attached to an aromatic ring is 1. The van der Waals surface area contributed by atoms with Crippen LogP contribution in [0.1, 0.15) is 15.9 Å². The summed E-state index contributed by atoms with van der Waals surface area (Å²) in [7, 11) is 0. The molecule has 0 aliphatic carbocycles. The number of anilines is 1. The average molecular weight is 268 g/mol. The molecule has 0 spiro atoms. The van der Waals surface area contributed by atoms with E-state index in [0.717, 1.165) is 12.1 Å². The fourth-order valence-electron chi connectivity index (χ4n) is 1.55. The van der Waals surface area contributed by atoms with E-state index < -0.39 is 17.4 Å². The van der Waals surface area contributed by atoms with Crippen molar-refractivity contribution < 1.29 is 13.6 Å². The third kappa shape index (κ3) is 2.19. The van der Waals surface area contributed by atoms with E-state index in [9.17, 15) is 13.6 Å². The van der Waals surface area contributed by atoms with Gasteiger partial charge in [0.25, 0.3) is 0 Å². The molecule has 2 N–H and O–H groups in total. The van der Waals surface area contributed by atoms with Crippen molar-refractivity contribution in [3.05, 3.63) is 64.2 Å². The summed E-state index contributed by atoms with van der Waals surface area (Å²) < 4.78 is 26.2. The summed E-state index contributed by atoms with van der Waals surface area (Å²) in [5.74, 6) is -2.31. The lowest BCUT2D eigenvalue weighted by atomic mass is 10.0. The van der Waals surface area contributed by atoms with Gasteiger partial charge in [0.15, 0.2) is 5.78 Å². The molecule has 5 heteroatoms. The predicted octanol–water partition coefficient (Wildman–Crippen LogP) is 3.43. The topological polar surface area (TPSA) is 43.1 Å². The lowest BCUT2D eigenvalue weighted by Gasteiger charge is -2.07. The molecule has 2 aromatic carbocycles. The first kappa shape index (κ1) is 12.5. The smallest absolute Gasteiger partial charge is 0.198 e. The van der Waals surface area contributed by atoms with E-state index in [2.05, 4.69) is 0 Å². The van der Waals surface area contributed by atoms with Crippen molar-refractivity contribution in [3.63, 3.8) is 0 Å². The fourth-order valence-corrected chi connectivity index (χ4v) is 1.73. The lowest BCUT2D eigenvalue weighted by molar-refractivity contribution is 0.103. The molecule has 0 aliphatic rings. The van der Waals surface area contributed by atoms with Crippen molar-refractivity contribution in [3.8, 4) is 0 Å². The zero-order valence-corrected chi connectivity index (χ0v) is 9.84. The van der Waals surface area contributed by atoms with Crippen LogP contribution in [0, 0.1) is 11.6 Å². The number of benzene rings is 2. The van der Waals surface area contributed by atoms with E-state index in [1.807, 2.05) is 0 Å². The maximum Gasteiger partial charge on any atom is 0.198 e. The van der Waals surface area contributed by atoms with E-state index >= 15 is 0 Å². The first-order valence-corrected chi connectivity index (χ1v) is 5.42. The quantitative estimate of drug-likeness (QED) is 0.669. The van der Waals surface area contributed by atoms with Gasteiger partial charge in [-0.15, -0.1) is 0 Å². The molecule has 0 heterocycles. The number of para-hydroxylation sites is 1. The molecule has 18 heavy (non-hydrogen) atoms. The second-order valence-electron chi connectivity index (χ2n) is 3.65. The van der Waals surface area contributed by atoms with Gasteiger partial charge in [-0.2, -0.15) is 0 Å². The Balaban J connectivity index is 2.51. The van der Waals surface area contributed by atoms with E-state index in [1.54, 1.807) is 0 Å². The van der Waals surface area contributed by atoms with Gasteiger partial charge >= 0.3 is 0 Å². The molecule has 2 aromatic rings. The van der Waals surface area contributed by atoms with Crippen LogP contribution in [0.25, 0.3) is 0 Å². The minimum Gasteiger partial charge on any atom is -0.397 e. The molecule has 2 nitrogen and oxygen atoms in total. The van der Waals surface area contributed by atoms with Gasteiger partial charge < -0.3 is 5.73 Å². The van der Waals surface area contributed by atoms with Crippen molar-refractivity contribution in [2.24, 2.45) is 0 Å². The van der Waals surface area contributed by atoms with Crippen molar-refractivity contribution >= 4 is 23.1 Å². The van der Waals surface area contributed by atoms with Crippen LogP contribution in [0.3, 0.4) is 0 Å². The van der Waals surface area contributed by atoms with Gasteiger partial charge in [-0.05, 0) is 24.3 Å². The summed E-state index contributed by atoms with van der Waals surface area (Å²) in [6.07, 6.45) is 0. The van der Waals surface area contributed by atoms with Crippen LogP contribution in [0.4, 0.5) is 14.5 Å². The molecular weight excluding hydrogens is 260 g/mol. The zero-order valence-electron chi connectivity index (χ0n) is 9.08. The van der Waals surface area contributed by atoms with E-state index in [1.165, 1.54) is 18.2 Å². The van der Waals surface area contributed by atoms with E-state index in [4.69, 9.17) is 17.3 Å². The Bertz CT molecular complexity index is 628. The molecule has 0 amide bonds. The Labute approximate surface area is 107 Å². The first-order chi connectivity index (χ1) is 8.50. The summed E-state index contributed by atoms with van der Waals surface area (Å²) in [6, 6.07) is 7.23. The minimum atomic E-state index is -0.931. The van der Waals surface area contributed by atoms with Crippen LogP contribution in [0.5, 0.6) is 0 Å². The van der Waals surface area contributed by atoms with Gasteiger partial charge in [-0.25, -0.2) is 8.78 Å². The van der Waals surface area contributed by atoms with Crippen molar-refractivity contribution in [1.82, 2.24) is 0 Å². The first-order valence-electron chi connectivity index (χ1n) is 5.04. The summed E-state index contributed by atoms with van der Waals surface area (Å²) in [5, 5.41) is 0.211. The lowest BCUT2D eigenvalue weighted by Crippen LogP contribution is -2.08.